The maximum absolute atomic E-state index is 12.6. The van der Waals surface area contributed by atoms with Gasteiger partial charge in [-0.2, -0.15) is 0 Å². The van der Waals surface area contributed by atoms with Crippen LogP contribution in [0.1, 0.15) is 66.9 Å². The number of ether oxygens (including phenoxy) is 7. The van der Waals surface area contributed by atoms with Gasteiger partial charge in [-0.15, -0.1) is 0 Å². The number of rotatable bonds is 14. The lowest BCUT2D eigenvalue weighted by atomic mass is 9.88. The fourth-order valence-corrected chi connectivity index (χ4v) is 3.00. The van der Waals surface area contributed by atoms with E-state index in [1.165, 1.54) is 25.3 Å². The first-order valence-electron chi connectivity index (χ1n) is 13.3. The van der Waals surface area contributed by atoms with E-state index in [4.69, 9.17) is 38.9 Å². The van der Waals surface area contributed by atoms with E-state index < -0.39 is 42.2 Å². The first-order chi connectivity index (χ1) is 18.7. The molecule has 0 saturated heterocycles. The van der Waals surface area contributed by atoms with Gasteiger partial charge in [-0.3, -0.25) is 4.79 Å². The smallest absolute Gasteiger partial charge is 0.468 e. The molecule has 3 atom stereocenters. The quantitative estimate of drug-likeness (QED) is 0.178. The minimum Gasteiger partial charge on any atom is -0.468 e. The molecule has 226 valence electrons. The van der Waals surface area contributed by atoms with Gasteiger partial charge in [0.1, 0.15) is 17.7 Å². The molecule has 0 saturated carbocycles. The molecule has 0 amide bonds. The molecule has 0 fully saturated rings. The van der Waals surface area contributed by atoms with Crippen molar-refractivity contribution < 1.29 is 52.3 Å². The van der Waals surface area contributed by atoms with Crippen molar-refractivity contribution in [1.82, 2.24) is 0 Å². The molecule has 0 aliphatic heterocycles. The molecule has 0 aliphatic carbocycles. The van der Waals surface area contributed by atoms with Crippen LogP contribution in [-0.2, 0) is 34.9 Å². The van der Waals surface area contributed by atoms with Gasteiger partial charge in [0.2, 0.25) is 0 Å². The highest BCUT2D eigenvalue weighted by Crippen LogP contribution is 2.32. The third-order valence-corrected chi connectivity index (χ3v) is 6.14. The predicted octanol–water partition coefficient (Wildman–Crippen LogP) is 5.17. The molecule has 2 N–H and O–H groups in total. The minimum absolute atomic E-state index is 0.0292. The van der Waals surface area contributed by atoms with Crippen LogP contribution in [0.4, 0.5) is 14.4 Å². The first kappa shape index (κ1) is 34.5. The molecule has 12 heteroatoms. The van der Waals surface area contributed by atoms with Crippen LogP contribution < -0.4 is 15.2 Å². The molecular formula is C28H43NO11. The SMILES string of the molecule is CCCOC(=O)OCC[C@@](N)(Cc1ccc(OC(=O)O[C@@H](C)C(C)C)c(OC(=O)OC(C)C(C)C)c1)C(=O)OC. The normalized spacial score (nSPS) is 14.0. The molecule has 0 spiro atoms. The maximum Gasteiger partial charge on any atom is 0.514 e. The van der Waals surface area contributed by atoms with E-state index >= 15 is 0 Å². The number of carbonyl (C=O) groups excluding carboxylic acids is 4. The van der Waals surface area contributed by atoms with Gasteiger partial charge in [0, 0.05) is 12.8 Å². The summed E-state index contributed by atoms with van der Waals surface area (Å²) in [6.07, 6.45) is -3.32. The largest absolute Gasteiger partial charge is 0.514 e. The molecule has 1 aromatic carbocycles. The van der Waals surface area contributed by atoms with Gasteiger partial charge < -0.3 is 38.9 Å². The summed E-state index contributed by atoms with van der Waals surface area (Å²) in [4.78, 5) is 49.1. The molecule has 0 bridgehead atoms. The second-order valence-corrected chi connectivity index (χ2v) is 10.1. The summed E-state index contributed by atoms with van der Waals surface area (Å²) >= 11 is 0. The fourth-order valence-electron chi connectivity index (χ4n) is 3.00. The van der Waals surface area contributed by atoms with Crippen molar-refractivity contribution in [2.75, 3.05) is 20.3 Å². The molecule has 1 unspecified atom stereocenters. The molecule has 1 aromatic rings. The Labute approximate surface area is 235 Å². The molecule has 1 rings (SSSR count). The number of methoxy groups -OCH3 is 1. The van der Waals surface area contributed by atoms with E-state index in [0.29, 0.717) is 12.0 Å². The Bertz CT molecular complexity index is 994. The summed E-state index contributed by atoms with van der Waals surface area (Å²) in [7, 11) is 1.18. The second kappa shape index (κ2) is 16.5. The van der Waals surface area contributed by atoms with Crippen LogP contribution in [0.2, 0.25) is 0 Å². The lowest BCUT2D eigenvalue weighted by Crippen LogP contribution is -2.51. The van der Waals surface area contributed by atoms with Crippen LogP contribution in [-0.4, -0.2) is 62.5 Å². The van der Waals surface area contributed by atoms with E-state index in [2.05, 4.69) is 0 Å². The summed E-state index contributed by atoms with van der Waals surface area (Å²) in [5, 5.41) is 0. The molecule has 0 aliphatic rings. The number of hydrogen-bond donors (Lipinski definition) is 1. The number of carbonyl (C=O) groups is 4. The summed E-state index contributed by atoms with van der Waals surface area (Å²) in [6.45, 7) is 12.8. The van der Waals surface area contributed by atoms with Crippen molar-refractivity contribution in [2.45, 2.75) is 85.5 Å². The Balaban J connectivity index is 3.21. The van der Waals surface area contributed by atoms with E-state index in [9.17, 15) is 19.2 Å². The topological polar surface area (TPSA) is 159 Å². The monoisotopic (exact) mass is 569 g/mol. The van der Waals surface area contributed by atoms with Crippen LogP contribution >= 0.6 is 0 Å². The number of esters is 1. The lowest BCUT2D eigenvalue weighted by molar-refractivity contribution is -0.147. The third-order valence-electron chi connectivity index (χ3n) is 6.14. The zero-order valence-corrected chi connectivity index (χ0v) is 24.6. The zero-order chi connectivity index (χ0) is 30.5. The average molecular weight is 570 g/mol. The highest BCUT2D eigenvalue weighted by molar-refractivity contribution is 5.81. The molecule has 12 nitrogen and oxygen atoms in total. The van der Waals surface area contributed by atoms with Gasteiger partial charge in [-0.1, -0.05) is 40.7 Å². The third kappa shape index (κ3) is 11.7. The van der Waals surface area contributed by atoms with Crippen LogP contribution in [0.15, 0.2) is 18.2 Å². The van der Waals surface area contributed by atoms with Gasteiger partial charge in [-0.25, -0.2) is 14.4 Å². The molecule has 0 heterocycles. The van der Waals surface area contributed by atoms with Gasteiger partial charge in [0.15, 0.2) is 11.5 Å². The van der Waals surface area contributed by atoms with Crippen LogP contribution in [0.5, 0.6) is 11.5 Å². The van der Waals surface area contributed by atoms with Gasteiger partial charge >= 0.3 is 24.4 Å². The van der Waals surface area contributed by atoms with E-state index in [1.807, 2.05) is 34.6 Å². The summed E-state index contributed by atoms with van der Waals surface area (Å²) in [6, 6.07) is 4.29. The number of benzene rings is 1. The van der Waals surface area contributed by atoms with Crippen LogP contribution in [0, 0.1) is 11.8 Å². The Hall–Kier alpha value is -3.54. The molecule has 0 radical (unpaired) electrons. The Morgan fingerprint density at radius 3 is 1.82 bits per heavy atom. The van der Waals surface area contributed by atoms with Gasteiger partial charge in [0.05, 0.1) is 20.3 Å². The fraction of sp³-hybridized carbons (Fsp3) is 0.643. The summed E-state index contributed by atoms with van der Waals surface area (Å²) < 4.78 is 36.0. The van der Waals surface area contributed by atoms with Crippen molar-refractivity contribution in [3.63, 3.8) is 0 Å². The Morgan fingerprint density at radius 1 is 0.800 bits per heavy atom. The predicted molar refractivity (Wildman–Crippen MR) is 144 cm³/mol. The van der Waals surface area contributed by atoms with Gasteiger partial charge in [0.25, 0.3) is 0 Å². The standard InChI is InChI=1S/C28H43NO11/c1-9-13-35-25(31)36-14-12-28(29,24(30)34-8)16-21-10-11-22(39-26(32)37-19(6)17(2)3)23(15-21)40-27(33)38-20(7)18(4)5/h10-11,15,17-20H,9,12-14,16,29H2,1-8H3/t19-,20?,28+/m0/s1. The first-order valence-corrected chi connectivity index (χ1v) is 13.3. The lowest BCUT2D eigenvalue weighted by Gasteiger charge is -2.26. The summed E-state index contributed by atoms with van der Waals surface area (Å²) in [5.74, 6) is -0.939. The minimum atomic E-state index is -1.61. The molecular weight excluding hydrogens is 526 g/mol. The van der Waals surface area contributed by atoms with E-state index in [0.717, 1.165) is 0 Å². The average Bonchev–Trinajstić information content (AvgIpc) is 2.88. The second-order valence-electron chi connectivity index (χ2n) is 10.1. The number of hydrogen-bond acceptors (Lipinski definition) is 12. The van der Waals surface area contributed by atoms with Crippen molar-refractivity contribution in [3.8, 4) is 11.5 Å². The number of nitrogens with two attached hydrogens (primary N) is 1. The zero-order valence-electron chi connectivity index (χ0n) is 24.6. The Kier molecular flexibility index (Phi) is 14.3. The molecule has 0 aromatic heterocycles. The van der Waals surface area contributed by atoms with Crippen molar-refractivity contribution in [3.05, 3.63) is 23.8 Å². The van der Waals surface area contributed by atoms with E-state index in [-0.39, 0.29) is 49.4 Å². The van der Waals surface area contributed by atoms with Crippen LogP contribution in [0.3, 0.4) is 0 Å². The molecule has 40 heavy (non-hydrogen) atoms. The summed E-state index contributed by atoms with van der Waals surface area (Å²) in [5.41, 5.74) is 5.19. The Morgan fingerprint density at radius 2 is 1.32 bits per heavy atom. The van der Waals surface area contributed by atoms with Crippen LogP contribution in [0.25, 0.3) is 0 Å². The highest BCUT2D eigenvalue weighted by Gasteiger charge is 2.36. The van der Waals surface area contributed by atoms with Gasteiger partial charge in [-0.05, 0) is 49.8 Å². The highest BCUT2D eigenvalue weighted by atomic mass is 16.8. The van der Waals surface area contributed by atoms with Crippen molar-refractivity contribution in [1.29, 1.82) is 0 Å². The van der Waals surface area contributed by atoms with Crippen molar-refractivity contribution >= 4 is 24.4 Å². The van der Waals surface area contributed by atoms with E-state index in [1.54, 1.807) is 13.8 Å². The van der Waals surface area contributed by atoms with Crippen molar-refractivity contribution in [2.24, 2.45) is 17.6 Å². The maximum atomic E-state index is 12.6.